The van der Waals surface area contributed by atoms with E-state index in [1.165, 1.54) is 54.6 Å². The number of hydrogen-bond donors (Lipinski definition) is 0. The van der Waals surface area contributed by atoms with Crippen molar-refractivity contribution in [3.8, 4) is 34.1 Å². The Hall–Kier alpha value is -7.18. The first-order valence-electron chi connectivity index (χ1n) is 18.4. The number of para-hydroxylation sites is 5. The van der Waals surface area contributed by atoms with Crippen LogP contribution in [0, 0.1) is 0 Å². The third-order valence-corrected chi connectivity index (χ3v) is 11.0. The number of rotatable bonds is 5. The molecule has 4 aromatic heterocycles. The van der Waals surface area contributed by atoms with Crippen LogP contribution in [0.1, 0.15) is 0 Å². The summed E-state index contributed by atoms with van der Waals surface area (Å²) in [5.41, 5.74) is 12.8. The fraction of sp³-hybridized carbons (Fsp3) is 0.0417. The van der Waals surface area contributed by atoms with E-state index in [9.17, 15) is 0 Å². The number of hydrogen-bond acceptors (Lipinski definition) is 0. The molecule has 6 nitrogen and oxygen atoms in total. The van der Waals surface area contributed by atoms with Crippen LogP contribution in [0.5, 0.6) is 0 Å². The highest BCUT2D eigenvalue weighted by Crippen LogP contribution is 2.43. The maximum absolute atomic E-state index is 2.47. The average Bonchev–Trinajstić information content (AvgIpc) is 3.98. The van der Waals surface area contributed by atoms with Crippen LogP contribution in [-0.4, -0.2) is 18.3 Å². The van der Waals surface area contributed by atoms with Crippen molar-refractivity contribution >= 4 is 54.6 Å². The molecule has 0 saturated heterocycles. The van der Waals surface area contributed by atoms with E-state index in [0.717, 1.165) is 34.1 Å². The molecule has 11 rings (SSSR count). The van der Waals surface area contributed by atoms with Crippen molar-refractivity contribution in [2.75, 3.05) is 0 Å². The molecule has 7 aromatic carbocycles. The Kier molecular flexibility index (Phi) is 6.58. The predicted molar refractivity (Wildman–Crippen MR) is 219 cm³/mol. The van der Waals surface area contributed by atoms with E-state index in [4.69, 9.17) is 0 Å². The summed E-state index contributed by atoms with van der Waals surface area (Å²) in [4.78, 5) is 0. The molecule has 54 heavy (non-hydrogen) atoms. The first kappa shape index (κ1) is 30.4. The van der Waals surface area contributed by atoms with Gasteiger partial charge in [0, 0.05) is 32.9 Å². The predicted octanol–water partition coefficient (Wildman–Crippen LogP) is 9.93. The molecule has 0 aliphatic heterocycles. The van der Waals surface area contributed by atoms with E-state index in [1.807, 2.05) is 0 Å². The van der Waals surface area contributed by atoms with Gasteiger partial charge < -0.3 is 9.13 Å². The first-order chi connectivity index (χ1) is 26.6. The molecule has 0 N–H and O–H groups in total. The smallest absolute Gasteiger partial charge is 0.294 e. The van der Waals surface area contributed by atoms with Crippen molar-refractivity contribution in [2.24, 2.45) is 14.1 Å². The fourth-order valence-electron chi connectivity index (χ4n) is 8.66. The molecule has 0 amide bonds. The molecular weight excluding hydrogens is 661 g/mol. The Morgan fingerprint density at radius 1 is 0.426 bits per heavy atom. The Morgan fingerprint density at radius 2 is 0.963 bits per heavy atom. The second kappa shape index (κ2) is 11.7. The van der Waals surface area contributed by atoms with Crippen LogP contribution in [0.15, 0.2) is 183 Å². The van der Waals surface area contributed by atoms with E-state index in [1.54, 1.807) is 0 Å². The summed E-state index contributed by atoms with van der Waals surface area (Å²) in [6.07, 6.45) is 6.29. The average molecular weight is 697 g/mol. The monoisotopic (exact) mass is 696 g/mol. The van der Waals surface area contributed by atoms with Crippen molar-refractivity contribution in [1.82, 2.24) is 18.3 Å². The highest BCUT2D eigenvalue weighted by Gasteiger charge is 2.28. The number of imidazole rings is 2. The van der Waals surface area contributed by atoms with Crippen LogP contribution in [0.25, 0.3) is 88.8 Å². The zero-order chi connectivity index (χ0) is 35.9. The lowest BCUT2D eigenvalue weighted by Crippen LogP contribution is -2.30. The molecule has 0 unspecified atom stereocenters. The molecule has 6 heteroatoms. The lowest BCUT2D eigenvalue weighted by molar-refractivity contribution is -0.670. The van der Waals surface area contributed by atoms with Crippen molar-refractivity contribution in [3.63, 3.8) is 0 Å². The molecule has 0 spiro atoms. The molecule has 256 valence electrons. The molecule has 0 aliphatic rings. The fourth-order valence-corrected chi connectivity index (χ4v) is 8.66. The minimum Gasteiger partial charge on any atom is -0.307 e. The van der Waals surface area contributed by atoms with Gasteiger partial charge in [-0.2, -0.15) is 4.57 Å². The van der Waals surface area contributed by atoms with Gasteiger partial charge in [-0.05, 0) is 84.9 Å². The van der Waals surface area contributed by atoms with Gasteiger partial charge >= 0.3 is 0 Å². The molecule has 4 heterocycles. The van der Waals surface area contributed by atoms with Crippen molar-refractivity contribution in [3.05, 3.63) is 183 Å². The molecule has 0 saturated carbocycles. The minimum atomic E-state index is 1.13. The number of aromatic nitrogens is 6. The largest absolute Gasteiger partial charge is 0.307 e. The zero-order valence-corrected chi connectivity index (χ0v) is 30.0. The number of benzene rings is 7. The highest BCUT2D eigenvalue weighted by molar-refractivity contribution is 6.24. The summed E-state index contributed by atoms with van der Waals surface area (Å²) >= 11 is 0. The normalized spacial score (nSPS) is 11.9. The molecule has 0 radical (unpaired) electrons. The van der Waals surface area contributed by atoms with Gasteiger partial charge in [-0.3, -0.25) is 0 Å². The van der Waals surface area contributed by atoms with Gasteiger partial charge in [-0.25, -0.2) is 13.7 Å². The maximum Gasteiger partial charge on any atom is 0.294 e. The topological polar surface area (TPSA) is 27.5 Å². The van der Waals surface area contributed by atoms with Crippen LogP contribution < -0.4 is 9.13 Å². The van der Waals surface area contributed by atoms with E-state index >= 15 is 0 Å². The number of aryl methyl sites for hydroxylation is 2. The Bertz CT molecular complexity index is 3220. The summed E-state index contributed by atoms with van der Waals surface area (Å²) < 4.78 is 13.9. The summed E-state index contributed by atoms with van der Waals surface area (Å²) in [5, 5.41) is 4.86. The molecule has 0 aliphatic carbocycles. The number of nitrogens with zero attached hydrogens (tertiary/aromatic N) is 6. The maximum atomic E-state index is 2.47. The summed E-state index contributed by atoms with van der Waals surface area (Å²) in [6.45, 7) is 0. The minimum absolute atomic E-state index is 1.13. The lowest BCUT2D eigenvalue weighted by atomic mass is 10.1. The first-order valence-corrected chi connectivity index (χ1v) is 18.4. The third kappa shape index (κ3) is 4.40. The standard InChI is InChI=1S/C48H36N6/c1-49-28-29-51(32-49)37-23-27-43-41(31-37)39-25-24-38-40-30-33(48-50(2)44-20-12-13-21-45(44)54(48)36-18-10-5-11-19-36)22-26-42(40)52(34-14-6-3-7-15-34)46(38)47(39)53(43)35-16-8-4-9-17-35/h3-32H,1-2H3/q+2. The Morgan fingerprint density at radius 3 is 1.56 bits per heavy atom. The third-order valence-electron chi connectivity index (χ3n) is 11.0. The Balaban J connectivity index is 1.27. The lowest BCUT2D eigenvalue weighted by Gasteiger charge is -2.12. The van der Waals surface area contributed by atoms with Crippen LogP contribution in [0.2, 0.25) is 0 Å². The van der Waals surface area contributed by atoms with Crippen LogP contribution in [0.4, 0.5) is 0 Å². The van der Waals surface area contributed by atoms with Crippen molar-refractivity contribution < 1.29 is 9.13 Å². The van der Waals surface area contributed by atoms with Gasteiger partial charge in [-0.1, -0.05) is 78.9 Å². The van der Waals surface area contributed by atoms with Crippen LogP contribution in [0.3, 0.4) is 0 Å². The van der Waals surface area contributed by atoms with E-state index in [0.29, 0.717) is 0 Å². The van der Waals surface area contributed by atoms with Gasteiger partial charge in [-0.15, -0.1) is 0 Å². The molecule has 0 atom stereocenters. The van der Waals surface area contributed by atoms with Gasteiger partial charge in [0.2, 0.25) is 6.33 Å². The van der Waals surface area contributed by atoms with Crippen molar-refractivity contribution in [2.45, 2.75) is 0 Å². The molecule has 0 bridgehead atoms. The van der Waals surface area contributed by atoms with Gasteiger partial charge in [0.25, 0.3) is 5.82 Å². The van der Waals surface area contributed by atoms with Gasteiger partial charge in [0.1, 0.15) is 23.8 Å². The molecule has 11 aromatic rings. The molecular formula is C48H36N6+2. The van der Waals surface area contributed by atoms with E-state index in [-0.39, 0.29) is 0 Å². The van der Waals surface area contributed by atoms with Gasteiger partial charge in [0.15, 0.2) is 11.0 Å². The van der Waals surface area contributed by atoms with Crippen molar-refractivity contribution in [1.29, 1.82) is 0 Å². The van der Waals surface area contributed by atoms with E-state index in [2.05, 4.69) is 224 Å². The summed E-state index contributed by atoms with van der Waals surface area (Å²) in [7, 11) is 4.24. The van der Waals surface area contributed by atoms with Crippen LogP contribution in [-0.2, 0) is 14.1 Å². The van der Waals surface area contributed by atoms with Crippen LogP contribution >= 0.6 is 0 Å². The molecule has 0 fully saturated rings. The van der Waals surface area contributed by atoms with E-state index < -0.39 is 0 Å². The number of fused-ring (bicyclic) bond motifs is 8. The summed E-state index contributed by atoms with van der Waals surface area (Å²) in [6, 6.07) is 59.5. The van der Waals surface area contributed by atoms with Gasteiger partial charge in [0.05, 0.1) is 41.7 Å². The quantitative estimate of drug-likeness (QED) is 0.160. The zero-order valence-electron chi connectivity index (χ0n) is 30.0. The second-order valence-corrected chi connectivity index (χ2v) is 14.2. The SMILES string of the molecule is C[n+]1ccn(-c2ccc3c(c2)c2ccc4c5cc(-c6n(-c7ccccc7)c7ccccc7[n+]6C)ccc5n(-c5ccccc5)c4c2n3-c2ccccc2)c1. The second-order valence-electron chi connectivity index (χ2n) is 14.2. The summed E-state index contributed by atoms with van der Waals surface area (Å²) in [5.74, 6) is 1.13. The highest BCUT2D eigenvalue weighted by atomic mass is 15.2. The Labute approximate surface area is 311 Å².